The first kappa shape index (κ1) is 10.9. The van der Waals surface area contributed by atoms with Crippen molar-refractivity contribution in [3.8, 4) is 0 Å². The van der Waals surface area contributed by atoms with Gasteiger partial charge < -0.3 is 5.73 Å². The molecule has 0 saturated heterocycles. The van der Waals surface area contributed by atoms with E-state index in [-0.39, 0.29) is 5.88 Å². The minimum Gasteiger partial charge on any atom is -0.386 e. The number of rotatable bonds is 2. The minimum absolute atomic E-state index is 0.222. The third-order valence-electron chi connectivity index (χ3n) is 1.37. The minimum atomic E-state index is 0.222. The van der Waals surface area contributed by atoms with Gasteiger partial charge in [0.2, 0.25) is 0 Å². The number of benzene rings is 1. The quantitative estimate of drug-likeness (QED) is 0.371. The summed E-state index contributed by atoms with van der Waals surface area (Å²) in [6, 6.07) is 5.58. The van der Waals surface area contributed by atoms with Crippen LogP contribution in [0, 0.1) is 0 Å². The van der Waals surface area contributed by atoms with Crippen LogP contribution in [0.2, 0.25) is 0 Å². The van der Waals surface area contributed by atoms with Crippen LogP contribution in [0.4, 0.5) is 5.69 Å². The molecule has 0 heterocycles. The van der Waals surface area contributed by atoms with Gasteiger partial charge in [-0.05, 0) is 28.1 Å². The molecule has 0 amide bonds. The second-order valence-electron chi connectivity index (χ2n) is 2.34. The van der Waals surface area contributed by atoms with E-state index in [1.807, 2.05) is 18.2 Å². The summed E-state index contributed by atoms with van der Waals surface area (Å²) in [6.07, 6.45) is 0. The van der Waals surface area contributed by atoms with E-state index in [0.29, 0.717) is 5.84 Å². The van der Waals surface area contributed by atoms with Gasteiger partial charge in [-0.3, -0.25) is 0 Å². The number of thiol groups is 1. The Labute approximate surface area is 95.7 Å². The van der Waals surface area contributed by atoms with Gasteiger partial charge in [0.1, 0.15) is 5.84 Å². The molecule has 0 atom stereocenters. The Morgan fingerprint density at radius 3 is 2.92 bits per heavy atom. The van der Waals surface area contributed by atoms with Gasteiger partial charge in [0.15, 0.2) is 0 Å². The second kappa shape index (κ2) is 4.88. The fourth-order valence-electron chi connectivity index (χ4n) is 0.779. The SMILES string of the molecule is NC(CCl)=Nc1cccc(Br)c1S. The first-order valence-electron chi connectivity index (χ1n) is 3.51. The van der Waals surface area contributed by atoms with Crippen molar-refractivity contribution in [3.63, 3.8) is 0 Å². The molecule has 13 heavy (non-hydrogen) atoms. The maximum absolute atomic E-state index is 5.50. The molecule has 0 saturated carbocycles. The van der Waals surface area contributed by atoms with Gasteiger partial charge in [0.25, 0.3) is 0 Å². The highest BCUT2D eigenvalue weighted by molar-refractivity contribution is 9.10. The van der Waals surface area contributed by atoms with Crippen molar-refractivity contribution in [2.75, 3.05) is 5.88 Å². The van der Waals surface area contributed by atoms with Crippen molar-refractivity contribution in [2.45, 2.75) is 4.90 Å². The molecule has 1 rings (SSSR count). The average molecular weight is 280 g/mol. The standard InChI is InChI=1S/C8H8BrClN2S/c9-5-2-1-3-6(8(5)13)12-7(11)4-10/h1-3,13H,4H2,(H2,11,12). The van der Waals surface area contributed by atoms with Crippen molar-refractivity contribution in [2.24, 2.45) is 10.7 Å². The van der Waals surface area contributed by atoms with E-state index in [9.17, 15) is 0 Å². The molecule has 0 unspecified atom stereocenters. The fourth-order valence-corrected chi connectivity index (χ4v) is 1.39. The van der Waals surface area contributed by atoms with Crippen LogP contribution in [-0.2, 0) is 0 Å². The van der Waals surface area contributed by atoms with Crippen molar-refractivity contribution in [1.82, 2.24) is 0 Å². The van der Waals surface area contributed by atoms with Crippen LogP contribution in [0.25, 0.3) is 0 Å². The summed E-state index contributed by atoms with van der Waals surface area (Å²) >= 11 is 13.1. The average Bonchev–Trinajstić information content (AvgIpc) is 2.13. The molecule has 2 nitrogen and oxygen atoms in total. The van der Waals surface area contributed by atoms with Gasteiger partial charge in [-0.2, -0.15) is 0 Å². The zero-order valence-corrected chi connectivity index (χ0v) is 9.90. The molecule has 1 aromatic rings. The summed E-state index contributed by atoms with van der Waals surface area (Å²) in [7, 11) is 0. The highest BCUT2D eigenvalue weighted by atomic mass is 79.9. The molecule has 2 N–H and O–H groups in total. The van der Waals surface area contributed by atoms with Crippen LogP contribution < -0.4 is 5.73 Å². The number of halogens is 2. The van der Waals surface area contributed by atoms with Crippen molar-refractivity contribution in [1.29, 1.82) is 0 Å². The lowest BCUT2D eigenvalue weighted by Gasteiger charge is -2.01. The van der Waals surface area contributed by atoms with Crippen LogP contribution in [0.1, 0.15) is 0 Å². The molecule has 0 spiro atoms. The molecule has 0 bridgehead atoms. The highest BCUT2D eigenvalue weighted by Gasteiger charge is 2.01. The van der Waals surface area contributed by atoms with Crippen molar-refractivity contribution in [3.05, 3.63) is 22.7 Å². The van der Waals surface area contributed by atoms with Gasteiger partial charge in [-0.25, -0.2) is 4.99 Å². The maximum Gasteiger partial charge on any atom is 0.115 e. The van der Waals surface area contributed by atoms with Crippen molar-refractivity contribution < 1.29 is 0 Å². The number of aliphatic imine (C=N–C) groups is 1. The predicted molar refractivity (Wildman–Crippen MR) is 63.4 cm³/mol. The van der Waals surface area contributed by atoms with Gasteiger partial charge in [-0.15, -0.1) is 24.2 Å². The zero-order valence-electron chi connectivity index (χ0n) is 6.67. The van der Waals surface area contributed by atoms with Gasteiger partial charge in [-0.1, -0.05) is 6.07 Å². The summed E-state index contributed by atoms with van der Waals surface area (Å²) in [5.41, 5.74) is 6.21. The van der Waals surface area contributed by atoms with E-state index in [0.717, 1.165) is 15.1 Å². The normalized spacial score (nSPS) is 11.8. The smallest absolute Gasteiger partial charge is 0.115 e. The Hall–Kier alpha value is -0.190. The largest absolute Gasteiger partial charge is 0.386 e. The van der Waals surface area contributed by atoms with E-state index >= 15 is 0 Å². The number of nitrogens with zero attached hydrogens (tertiary/aromatic N) is 1. The predicted octanol–water partition coefficient (Wildman–Crippen LogP) is 2.97. The molecule has 0 aliphatic carbocycles. The molecular formula is C8H8BrClN2S. The van der Waals surface area contributed by atoms with Crippen molar-refractivity contribution >= 4 is 51.7 Å². The number of hydrogen-bond donors (Lipinski definition) is 2. The maximum atomic E-state index is 5.50. The lowest BCUT2D eigenvalue weighted by atomic mass is 10.3. The van der Waals surface area contributed by atoms with Gasteiger partial charge in [0.05, 0.1) is 11.6 Å². The third-order valence-corrected chi connectivity index (χ3v) is 3.08. The van der Waals surface area contributed by atoms with Crippen LogP contribution in [0.3, 0.4) is 0 Å². The van der Waals surface area contributed by atoms with Crippen LogP contribution in [-0.4, -0.2) is 11.7 Å². The monoisotopic (exact) mass is 278 g/mol. The first-order valence-corrected chi connectivity index (χ1v) is 5.29. The summed E-state index contributed by atoms with van der Waals surface area (Å²) in [4.78, 5) is 4.85. The number of hydrogen-bond acceptors (Lipinski definition) is 2. The summed E-state index contributed by atoms with van der Waals surface area (Å²) < 4.78 is 0.888. The zero-order chi connectivity index (χ0) is 9.84. The van der Waals surface area contributed by atoms with Gasteiger partial charge >= 0.3 is 0 Å². The lowest BCUT2D eigenvalue weighted by Crippen LogP contribution is -2.12. The third kappa shape index (κ3) is 2.90. The topological polar surface area (TPSA) is 38.4 Å². The van der Waals surface area contributed by atoms with E-state index < -0.39 is 0 Å². The fraction of sp³-hybridized carbons (Fsp3) is 0.125. The molecule has 0 fully saturated rings. The Balaban J connectivity index is 3.09. The first-order chi connectivity index (χ1) is 6.15. The molecular weight excluding hydrogens is 272 g/mol. The Morgan fingerprint density at radius 1 is 1.62 bits per heavy atom. The molecule has 70 valence electrons. The number of nitrogens with two attached hydrogens (primary N) is 1. The highest BCUT2D eigenvalue weighted by Crippen LogP contribution is 2.30. The molecule has 0 aromatic heterocycles. The van der Waals surface area contributed by atoms with E-state index in [1.165, 1.54) is 0 Å². The van der Waals surface area contributed by atoms with E-state index in [4.69, 9.17) is 17.3 Å². The Morgan fingerprint density at radius 2 is 2.31 bits per heavy atom. The number of amidine groups is 1. The van der Waals surface area contributed by atoms with E-state index in [2.05, 4.69) is 33.6 Å². The summed E-state index contributed by atoms with van der Waals surface area (Å²) in [5.74, 6) is 0.606. The van der Waals surface area contributed by atoms with E-state index in [1.54, 1.807) is 0 Å². The van der Waals surface area contributed by atoms with Crippen LogP contribution in [0.5, 0.6) is 0 Å². The van der Waals surface area contributed by atoms with Crippen LogP contribution >= 0.6 is 40.2 Å². The Kier molecular flexibility index (Phi) is 4.09. The Bertz CT molecular complexity index is 341. The molecule has 0 aliphatic rings. The molecule has 0 aliphatic heterocycles. The second-order valence-corrected chi connectivity index (χ2v) is 3.91. The lowest BCUT2D eigenvalue weighted by molar-refractivity contribution is 1.33. The number of alkyl halides is 1. The van der Waals surface area contributed by atoms with Gasteiger partial charge in [0, 0.05) is 9.37 Å². The molecule has 1 aromatic carbocycles. The molecule has 0 radical (unpaired) electrons. The van der Waals surface area contributed by atoms with Crippen LogP contribution in [0.15, 0.2) is 32.6 Å². The summed E-state index contributed by atoms with van der Waals surface area (Å²) in [6.45, 7) is 0. The molecule has 5 heteroatoms. The summed E-state index contributed by atoms with van der Waals surface area (Å²) in [5, 5.41) is 0.